The van der Waals surface area contributed by atoms with Gasteiger partial charge in [-0.15, -0.1) is 0 Å². The molecule has 0 aliphatic heterocycles. The average Bonchev–Trinajstić information content (AvgIpc) is 3.31. The van der Waals surface area contributed by atoms with Crippen molar-refractivity contribution in [1.82, 2.24) is 15.1 Å². The SMILES string of the molecule is O=C(NC(CF)C(=O)O)c1cc(C2CC2)nn1-c1ccccc1. The molecule has 0 radical (unpaired) electrons. The van der Waals surface area contributed by atoms with Crippen LogP contribution in [0.3, 0.4) is 0 Å². The highest BCUT2D eigenvalue weighted by atomic mass is 19.1. The van der Waals surface area contributed by atoms with Gasteiger partial charge in [0.25, 0.3) is 5.91 Å². The third kappa shape index (κ3) is 3.23. The summed E-state index contributed by atoms with van der Waals surface area (Å²) in [4.78, 5) is 23.3. The number of nitrogens with one attached hydrogen (secondary N) is 1. The number of benzene rings is 1. The molecule has 1 aromatic heterocycles. The molecule has 120 valence electrons. The van der Waals surface area contributed by atoms with Crippen molar-refractivity contribution in [1.29, 1.82) is 0 Å². The van der Waals surface area contributed by atoms with E-state index in [0.29, 0.717) is 11.6 Å². The molecule has 2 N–H and O–H groups in total. The minimum absolute atomic E-state index is 0.206. The van der Waals surface area contributed by atoms with Crippen molar-refractivity contribution in [2.24, 2.45) is 0 Å². The molecule has 1 unspecified atom stereocenters. The van der Waals surface area contributed by atoms with Crippen molar-refractivity contribution >= 4 is 11.9 Å². The maximum Gasteiger partial charge on any atom is 0.328 e. The summed E-state index contributed by atoms with van der Waals surface area (Å²) in [7, 11) is 0. The molecule has 23 heavy (non-hydrogen) atoms. The van der Waals surface area contributed by atoms with Crippen LogP contribution in [0.15, 0.2) is 36.4 Å². The molecule has 1 aliphatic carbocycles. The van der Waals surface area contributed by atoms with Crippen molar-refractivity contribution in [3.8, 4) is 5.69 Å². The highest BCUT2D eigenvalue weighted by molar-refractivity contribution is 5.95. The van der Waals surface area contributed by atoms with E-state index in [4.69, 9.17) is 5.11 Å². The van der Waals surface area contributed by atoms with Crippen LogP contribution in [0.1, 0.15) is 34.9 Å². The van der Waals surface area contributed by atoms with Gasteiger partial charge in [-0.05, 0) is 31.0 Å². The highest BCUT2D eigenvalue weighted by Crippen LogP contribution is 2.39. The normalized spacial score (nSPS) is 15.2. The Kier molecular flexibility index (Phi) is 4.10. The zero-order valence-electron chi connectivity index (χ0n) is 12.3. The Morgan fingerprint density at radius 1 is 1.35 bits per heavy atom. The van der Waals surface area contributed by atoms with Gasteiger partial charge in [0.1, 0.15) is 12.4 Å². The van der Waals surface area contributed by atoms with Crippen LogP contribution in [-0.4, -0.2) is 39.5 Å². The molecule has 0 spiro atoms. The lowest BCUT2D eigenvalue weighted by atomic mass is 10.2. The van der Waals surface area contributed by atoms with E-state index in [1.165, 1.54) is 4.68 Å². The number of alkyl halides is 1. The molecular formula is C16H16FN3O3. The predicted molar refractivity (Wildman–Crippen MR) is 80.4 cm³/mol. The summed E-state index contributed by atoms with van der Waals surface area (Å²) in [6.45, 7) is -1.17. The fourth-order valence-electron chi connectivity index (χ4n) is 2.30. The number of para-hydroxylation sites is 1. The highest BCUT2D eigenvalue weighted by Gasteiger charge is 2.30. The van der Waals surface area contributed by atoms with Crippen LogP contribution in [0.2, 0.25) is 0 Å². The number of hydrogen-bond donors (Lipinski definition) is 2. The van der Waals surface area contributed by atoms with E-state index >= 15 is 0 Å². The number of carboxylic acid groups (broad SMARTS) is 1. The molecule has 1 fully saturated rings. The number of carboxylic acids is 1. The summed E-state index contributed by atoms with van der Waals surface area (Å²) in [6, 6.07) is 9.16. The first kappa shape index (κ1) is 15.2. The molecule has 0 bridgehead atoms. The summed E-state index contributed by atoms with van der Waals surface area (Å²) in [5.74, 6) is -1.73. The van der Waals surface area contributed by atoms with E-state index in [1.54, 1.807) is 18.2 Å². The Labute approximate surface area is 131 Å². The summed E-state index contributed by atoms with van der Waals surface area (Å²) in [5, 5.41) is 15.5. The number of aromatic nitrogens is 2. The Hall–Kier alpha value is -2.70. The van der Waals surface area contributed by atoms with Crippen molar-refractivity contribution in [3.63, 3.8) is 0 Å². The number of carbonyl (C=O) groups is 2. The number of nitrogens with zero attached hydrogens (tertiary/aromatic N) is 2. The Morgan fingerprint density at radius 2 is 2.04 bits per heavy atom. The number of rotatable bonds is 6. The van der Waals surface area contributed by atoms with Gasteiger partial charge in [-0.1, -0.05) is 18.2 Å². The second-order valence-electron chi connectivity index (χ2n) is 5.49. The van der Waals surface area contributed by atoms with Crippen LogP contribution in [0.25, 0.3) is 5.69 Å². The fourth-order valence-corrected chi connectivity index (χ4v) is 2.30. The van der Waals surface area contributed by atoms with Gasteiger partial charge in [-0.2, -0.15) is 5.10 Å². The van der Waals surface area contributed by atoms with Gasteiger partial charge in [-0.25, -0.2) is 13.9 Å². The third-order valence-corrected chi connectivity index (χ3v) is 3.72. The zero-order chi connectivity index (χ0) is 16.4. The molecule has 1 saturated carbocycles. The lowest BCUT2D eigenvalue weighted by Gasteiger charge is -2.12. The van der Waals surface area contributed by atoms with E-state index in [0.717, 1.165) is 18.5 Å². The Bertz CT molecular complexity index is 725. The zero-order valence-corrected chi connectivity index (χ0v) is 12.3. The molecule has 1 atom stereocenters. The largest absolute Gasteiger partial charge is 0.480 e. The lowest BCUT2D eigenvalue weighted by molar-refractivity contribution is -0.139. The van der Waals surface area contributed by atoms with Crippen molar-refractivity contribution in [2.45, 2.75) is 24.8 Å². The van der Waals surface area contributed by atoms with E-state index in [1.807, 2.05) is 18.2 Å². The standard InChI is InChI=1S/C16H16FN3O3/c17-9-13(16(22)23)18-15(21)14-8-12(10-6-7-10)19-20(14)11-4-2-1-3-5-11/h1-5,8,10,13H,6-7,9H2,(H,18,21)(H,22,23). The molecule has 7 heteroatoms. The molecular weight excluding hydrogens is 301 g/mol. The molecule has 1 aromatic carbocycles. The smallest absolute Gasteiger partial charge is 0.328 e. The molecule has 1 heterocycles. The van der Waals surface area contributed by atoms with Crippen molar-refractivity contribution < 1.29 is 19.1 Å². The van der Waals surface area contributed by atoms with Crippen molar-refractivity contribution in [2.75, 3.05) is 6.67 Å². The van der Waals surface area contributed by atoms with Gasteiger partial charge < -0.3 is 10.4 Å². The van der Waals surface area contributed by atoms with Crippen LogP contribution in [0, 0.1) is 0 Å². The molecule has 0 saturated heterocycles. The monoisotopic (exact) mass is 317 g/mol. The van der Waals surface area contributed by atoms with Gasteiger partial charge in [-0.3, -0.25) is 4.79 Å². The first-order chi connectivity index (χ1) is 11.1. The van der Waals surface area contributed by atoms with Crippen LogP contribution >= 0.6 is 0 Å². The quantitative estimate of drug-likeness (QED) is 0.852. The van der Waals surface area contributed by atoms with Gasteiger partial charge in [0, 0.05) is 5.92 Å². The minimum atomic E-state index is -1.56. The van der Waals surface area contributed by atoms with Gasteiger partial charge >= 0.3 is 5.97 Å². The second kappa shape index (κ2) is 6.20. The maximum atomic E-state index is 12.7. The summed E-state index contributed by atoms with van der Waals surface area (Å²) < 4.78 is 14.2. The molecule has 1 amide bonds. The Morgan fingerprint density at radius 3 is 2.61 bits per heavy atom. The van der Waals surface area contributed by atoms with Gasteiger partial charge in [0.15, 0.2) is 6.04 Å². The van der Waals surface area contributed by atoms with E-state index < -0.39 is 24.6 Å². The first-order valence-electron chi connectivity index (χ1n) is 7.35. The van der Waals surface area contributed by atoms with E-state index in [9.17, 15) is 14.0 Å². The molecule has 1 aliphatic rings. The predicted octanol–water partition coefficient (Wildman–Crippen LogP) is 1.90. The Balaban J connectivity index is 1.94. The third-order valence-electron chi connectivity index (χ3n) is 3.72. The fraction of sp³-hybridized carbons (Fsp3) is 0.312. The summed E-state index contributed by atoms with van der Waals surface area (Å²) in [6.07, 6.45) is 2.05. The molecule has 3 rings (SSSR count). The first-order valence-corrected chi connectivity index (χ1v) is 7.35. The number of aliphatic carboxylic acids is 1. The van der Waals surface area contributed by atoms with Gasteiger partial charge in [0.2, 0.25) is 0 Å². The van der Waals surface area contributed by atoms with Crippen LogP contribution in [0.4, 0.5) is 4.39 Å². The van der Waals surface area contributed by atoms with E-state index in [-0.39, 0.29) is 5.69 Å². The molecule has 6 nitrogen and oxygen atoms in total. The number of hydrogen-bond acceptors (Lipinski definition) is 3. The number of halogens is 1. The van der Waals surface area contributed by atoms with Gasteiger partial charge in [0.05, 0.1) is 11.4 Å². The van der Waals surface area contributed by atoms with Crippen LogP contribution in [0.5, 0.6) is 0 Å². The second-order valence-corrected chi connectivity index (χ2v) is 5.49. The summed E-state index contributed by atoms with van der Waals surface area (Å²) >= 11 is 0. The summed E-state index contributed by atoms with van der Waals surface area (Å²) in [5.41, 5.74) is 1.70. The van der Waals surface area contributed by atoms with Crippen LogP contribution in [-0.2, 0) is 4.79 Å². The lowest BCUT2D eigenvalue weighted by Crippen LogP contribution is -2.42. The van der Waals surface area contributed by atoms with Crippen LogP contribution < -0.4 is 5.32 Å². The van der Waals surface area contributed by atoms with Crippen molar-refractivity contribution in [3.05, 3.63) is 47.8 Å². The average molecular weight is 317 g/mol. The van der Waals surface area contributed by atoms with E-state index in [2.05, 4.69) is 10.4 Å². The number of amides is 1. The topological polar surface area (TPSA) is 84.2 Å². The minimum Gasteiger partial charge on any atom is -0.480 e. The maximum absolute atomic E-state index is 12.7. The number of carbonyl (C=O) groups excluding carboxylic acids is 1. The molecule has 2 aromatic rings.